The predicted molar refractivity (Wildman–Crippen MR) is 59.5 cm³/mol. The Hall–Kier alpha value is -0.770. The number of carbonyl (C=O) groups is 1. The average Bonchev–Trinajstić information content (AvgIpc) is 2.17. The lowest BCUT2D eigenvalue weighted by atomic mass is 10.0. The van der Waals surface area contributed by atoms with Crippen LogP contribution in [-0.2, 0) is 4.79 Å². The number of nitrogens with two attached hydrogens (primary N) is 2. The van der Waals surface area contributed by atoms with Gasteiger partial charge in [-0.3, -0.25) is 4.79 Å². The van der Waals surface area contributed by atoms with Crippen LogP contribution in [0.1, 0.15) is 11.6 Å². The zero-order valence-electron chi connectivity index (χ0n) is 7.39. The SMILES string of the molecule is Cl.NC(=O)[C@H](Cl)[C@H](N)c1ccccc1. The summed E-state index contributed by atoms with van der Waals surface area (Å²) < 4.78 is 0. The second-order valence-corrected chi connectivity index (χ2v) is 3.21. The molecule has 14 heavy (non-hydrogen) atoms. The van der Waals surface area contributed by atoms with Crippen LogP contribution in [0, 0.1) is 0 Å². The molecule has 0 saturated heterocycles. The van der Waals surface area contributed by atoms with Gasteiger partial charge in [-0.05, 0) is 5.56 Å². The van der Waals surface area contributed by atoms with Crippen molar-refractivity contribution < 1.29 is 4.79 Å². The highest BCUT2D eigenvalue weighted by molar-refractivity contribution is 6.31. The van der Waals surface area contributed by atoms with E-state index >= 15 is 0 Å². The van der Waals surface area contributed by atoms with Gasteiger partial charge in [0.05, 0.1) is 6.04 Å². The molecule has 0 aliphatic rings. The van der Waals surface area contributed by atoms with Gasteiger partial charge < -0.3 is 11.5 Å². The number of alkyl halides is 1. The Kier molecular flexibility index (Phi) is 5.53. The maximum atomic E-state index is 10.7. The van der Waals surface area contributed by atoms with Gasteiger partial charge in [-0.1, -0.05) is 30.3 Å². The number of hydrogen-bond donors (Lipinski definition) is 2. The first-order valence-corrected chi connectivity index (χ1v) is 4.30. The van der Waals surface area contributed by atoms with E-state index in [1.807, 2.05) is 30.3 Å². The molecule has 4 N–H and O–H groups in total. The van der Waals surface area contributed by atoms with Crippen LogP contribution in [-0.4, -0.2) is 11.3 Å². The standard InChI is InChI=1S/C9H11ClN2O.ClH/c10-7(9(12)13)8(11)6-4-2-1-3-5-6;/h1-5,7-8H,11H2,(H2,12,13);1H/t7-,8-;/m1./s1. The van der Waals surface area contributed by atoms with Crippen LogP contribution in [0.3, 0.4) is 0 Å². The van der Waals surface area contributed by atoms with Gasteiger partial charge in [0.25, 0.3) is 0 Å². The Balaban J connectivity index is 0.00000169. The van der Waals surface area contributed by atoms with Gasteiger partial charge in [0.2, 0.25) is 5.91 Å². The normalized spacial score (nSPS) is 13.9. The Morgan fingerprint density at radius 1 is 1.29 bits per heavy atom. The minimum absolute atomic E-state index is 0. The van der Waals surface area contributed by atoms with Crippen LogP contribution < -0.4 is 11.5 Å². The fraction of sp³-hybridized carbons (Fsp3) is 0.222. The largest absolute Gasteiger partial charge is 0.368 e. The smallest absolute Gasteiger partial charge is 0.237 e. The van der Waals surface area contributed by atoms with E-state index in [2.05, 4.69) is 0 Å². The molecular formula is C9H12Cl2N2O. The minimum Gasteiger partial charge on any atom is -0.368 e. The average molecular weight is 235 g/mol. The summed E-state index contributed by atoms with van der Waals surface area (Å²) in [6, 6.07) is 8.61. The van der Waals surface area contributed by atoms with E-state index in [0.717, 1.165) is 5.56 Å². The van der Waals surface area contributed by atoms with Gasteiger partial charge in [0, 0.05) is 0 Å². The summed E-state index contributed by atoms with van der Waals surface area (Å²) in [6.07, 6.45) is 0. The monoisotopic (exact) mass is 234 g/mol. The Morgan fingerprint density at radius 2 is 1.79 bits per heavy atom. The molecule has 0 aliphatic carbocycles. The van der Waals surface area contributed by atoms with E-state index in [1.54, 1.807) is 0 Å². The molecule has 5 heteroatoms. The number of benzene rings is 1. The molecule has 1 amide bonds. The molecule has 1 aromatic carbocycles. The Bertz CT molecular complexity index is 292. The van der Waals surface area contributed by atoms with Crippen LogP contribution in [0.15, 0.2) is 30.3 Å². The summed E-state index contributed by atoms with van der Waals surface area (Å²) in [5.74, 6) is -0.599. The molecule has 0 radical (unpaired) electrons. The zero-order chi connectivity index (χ0) is 9.84. The Labute approximate surface area is 93.8 Å². The lowest BCUT2D eigenvalue weighted by Gasteiger charge is -2.14. The first-order valence-electron chi connectivity index (χ1n) is 3.87. The fourth-order valence-corrected chi connectivity index (χ4v) is 1.17. The number of halogens is 2. The number of hydrogen-bond acceptors (Lipinski definition) is 2. The van der Waals surface area contributed by atoms with Crippen molar-refractivity contribution in [3.8, 4) is 0 Å². The molecule has 0 saturated carbocycles. The molecule has 0 unspecified atom stereocenters. The number of carbonyl (C=O) groups excluding carboxylic acids is 1. The maximum Gasteiger partial charge on any atom is 0.237 e. The maximum absolute atomic E-state index is 10.7. The Morgan fingerprint density at radius 3 is 2.21 bits per heavy atom. The molecule has 3 nitrogen and oxygen atoms in total. The van der Waals surface area contributed by atoms with Gasteiger partial charge in [-0.25, -0.2) is 0 Å². The molecule has 0 aromatic heterocycles. The molecule has 0 heterocycles. The molecule has 0 fully saturated rings. The highest BCUT2D eigenvalue weighted by Crippen LogP contribution is 2.17. The van der Waals surface area contributed by atoms with Crippen molar-refractivity contribution in [3.63, 3.8) is 0 Å². The van der Waals surface area contributed by atoms with E-state index in [9.17, 15) is 4.79 Å². The molecule has 1 aromatic rings. The summed E-state index contributed by atoms with van der Waals surface area (Å²) in [5, 5.41) is -0.859. The van der Waals surface area contributed by atoms with E-state index in [1.165, 1.54) is 0 Å². The summed E-state index contributed by atoms with van der Waals surface area (Å²) in [5.41, 5.74) is 11.5. The van der Waals surface area contributed by atoms with Gasteiger partial charge in [0.1, 0.15) is 5.38 Å². The number of rotatable bonds is 3. The first-order chi connectivity index (χ1) is 6.13. The third-order valence-electron chi connectivity index (χ3n) is 1.77. The van der Waals surface area contributed by atoms with Crippen molar-refractivity contribution >= 4 is 29.9 Å². The first kappa shape index (κ1) is 13.2. The lowest BCUT2D eigenvalue weighted by molar-refractivity contribution is -0.118. The van der Waals surface area contributed by atoms with Crippen molar-refractivity contribution in [2.45, 2.75) is 11.4 Å². The molecule has 0 aliphatic heterocycles. The molecule has 0 bridgehead atoms. The molecule has 0 spiro atoms. The summed E-state index contributed by atoms with van der Waals surface area (Å²) in [4.78, 5) is 10.7. The number of primary amides is 1. The number of amides is 1. The highest BCUT2D eigenvalue weighted by Gasteiger charge is 2.21. The minimum atomic E-state index is -0.859. The van der Waals surface area contributed by atoms with Crippen LogP contribution >= 0.6 is 24.0 Å². The van der Waals surface area contributed by atoms with Crippen molar-refractivity contribution in [2.75, 3.05) is 0 Å². The summed E-state index contributed by atoms with van der Waals surface area (Å²) in [7, 11) is 0. The van der Waals surface area contributed by atoms with Gasteiger partial charge in [0.15, 0.2) is 0 Å². The highest BCUT2D eigenvalue weighted by atomic mass is 35.5. The van der Waals surface area contributed by atoms with Crippen molar-refractivity contribution in [2.24, 2.45) is 11.5 Å². The van der Waals surface area contributed by atoms with Crippen LogP contribution in [0.25, 0.3) is 0 Å². The topological polar surface area (TPSA) is 69.1 Å². The zero-order valence-corrected chi connectivity index (χ0v) is 8.96. The van der Waals surface area contributed by atoms with Gasteiger partial charge in [-0.2, -0.15) is 0 Å². The van der Waals surface area contributed by atoms with Gasteiger partial charge >= 0.3 is 0 Å². The van der Waals surface area contributed by atoms with Gasteiger partial charge in [-0.15, -0.1) is 24.0 Å². The van der Waals surface area contributed by atoms with Crippen molar-refractivity contribution in [1.82, 2.24) is 0 Å². The molecule has 2 atom stereocenters. The van der Waals surface area contributed by atoms with Crippen LogP contribution in [0.5, 0.6) is 0 Å². The van der Waals surface area contributed by atoms with E-state index in [0.29, 0.717) is 0 Å². The van der Waals surface area contributed by atoms with E-state index in [4.69, 9.17) is 23.1 Å². The van der Waals surface area contributed by atoms with Crippen molar-refractivity contribution in [3.05, 3.63) is 35.9 Å². The molecular weight excluding hydrogens is 223 g/mol. The second-order valence-electron chi connectivity index (χ2n) is 2.74. The third kappa shape index (κ3) is 3.18. The lowest BCUT2D eigenvalue weighted by Crippen LogP contribution is -2.33. The van der Waals surface area contributed by atoms with Crippen LogP contribution in [0.4, 0.5) is 0 Å². The third-order valence-corrected chi connectivity index (χ3v) is 2.26. The molecule has 1 rings (SSSR count). The van der Waals surface area contributed by atoms with E-state index < -0.39 is 17.3 Å². The fourth-order valence-electron chi connectivity index (χ4n) is 1.02. The van der Waals surface area contributed by atoms with E-state index in [-0.39, 0.29) is 12.4 Å². The quantitative estimate of drug-likeness (QED) is 0.773. The summed E-state index contributed by atoms with van der Waals surface area (Å²) in [6.45, 7) is 0. The second kappa shape index (κ2) is 5.86. The van der Waals surface area contributed by atoms with Crippen LogP contribution in [0.2, 0.25) is 0 Å². The van der Waals surface area contributed by atoms with Crippen molar-refractivity contribution in [1.29, 1.82) is 0 Å². The molecule has 78 valence electrons. The summed E-state index contributed by atoms with van der Waals surface area (Å²) >= 11 is 5.70. The predicted octanol–water partition coefficient (Wildman–Crippen LogP) is 1.20.